The van der Waals surface area contributed by atoms with Crippen LogP contribution in [-0.4, -0.2) is 33.6 Å². The molecule has 1 aromatic carbocycles. The maximum atomic E-state index is 12.9. The Morgan fingerprint density at radius 3 is 3.09 bits per heavy atom. The lowest BCUT2D eigenvalue weighted by atomic mass is 10.1. The van der Waals surface area contributed by atoms with Gasteiger partial charge in [-0.15, -0.1) is 0 Å². The topological polar surface area (TPSA) is 68.5 Å². The number of nitrogens with zero attached hydrogens (tertiary/aromatic N) is 3. The van der Waals surface area contributed by atoms with Gasteiger partial charge in [0, 0.05) is 24.9 Å². The maximum absolute atomic E-state index is 12.9. The van der Waals surface area contributed by atoms with Gasteiger partial charge in [-0.25, -0.2) is 0 Å². The van der Waals surface area contributed by atoms with Crippen LogP contribution in [0.5, 0.6) is 5.75 Å². The molecule has 1 aromatic heterocycles. The minimum atomic E-state index is -0.503. The van der Waals surface area contributed by atoms with Crippen molar-refractivity contribution >= 4 is 17.5 Å². The molecule has 2 aliphatic heterocycles. The van der Waals surface area contributed by atoms with Gasteiger partial charge in [-0.3, -0.25) is 4.79 Å². The summed E-state index contributed by atoms with van der Waals surface area (Å²) in [5.74, 6) is 1.80. The van der Waals surface area contributed by atoms with Crippen molar-refractivity contribution in [2.24, 2.45) is 0 Å². The highest BCUT2D eigenvalue weighted by molar-refractivity contribution is 6.30. The van der Waals surface area contributed by atoms with Crippen molar-refractivity contribution in [1.29, 1.82) is 0 Å². The Balaban J connectivity index is 1.53. The molecule has 0 bridgehead atoms. The molecular formula is C16H16ClN3O3. The first kappa shape index (κ1) is 14.5. The van der Waals surface area contributed by atoms with E-state index in [2.05, 4.69) is 10.1 Å². The fourth-order valence-corrected chi connectivity index (χ4v) is 3.48. The van der Waals surface area contributed by atoms with Crippen molar-refractivity contribution < 1.29 is 14.1 Å². The van der Waals surface area contributed by atoms with E-state index in [1.165, 1.54) is 0 Å². The number of amides is 1. The van der Waals surface area contributed by atoms with Crippen LogP contribution in [0.4, 0.5) is 0 Å². The number of fused-ring (bicyclic) bond motifs is 1. The summed E-state index contributed by atoms with van der Waals surface area (Å²) in [6, 6.07) is 5.31. The summed E-state index contributed by atoms with van der Waals surface area (Å²) >= 11 is 6.01. The van der Waals surface area contributed by atoms with E-state index in [4.69, 9.17) is 20.9 Å². The first-order valence-corrected chi connectivity index (χ1v) is 8.05. The summed E-state index contributed by atoms with van der Waals surface area (Å²) in [5, 5.41) is 4.62. The molecule has 120 valence electrons. The summed E-state index contributed by atoms with van der Waals surface area (Å²) in [7, 11) is 0. The third-order valence-electron chi connectivity index (χ3n) is 4.35. The Kier molecular flexibility index (Phi) is 3.49. The monoisotopic (exact) mass is 333 g/mol. The number of ether oxygens (including phenoxy) is 1. The molecule has 0 spiro atoms. The van der Waals surface area contributed by atoms with Crippen LogP contribution in [0.25, 0.3) is 0 Å². The van der Waals surface area contributed by atoms with Crippen LogP contribution in [0, 0.1) is 6.92 Å². The van der Waals surface area contributed by atoms with Gasteiger partial charge in [0.05, 0.1) is 6.04 Å². The number of carbonyl (C=O) groups is 1. The number of carbonyl (C=O) groups excluding carboxylic acids is 1. The average Bonchev–Trinajstić information content (AvgIpc) is 3.23. The van der Waals surface area contributed by atoms with Gasteiger partial charge >= 0.3 is 0 Å². The van der Waals surface area contributed by atoms with Crippen LogP contribution in [0.15, 0.2) is 22.7 Å². The number of hydrogen-bond acceptors (Lipinski definition) is 5. The highest BCUT2D eigenvalue weighted by atomic mass is 35.5. The van der Waals surface area contributed by atoms with Crippen molar-refractivity contribution in [3.05, 3.63) is 40.5 Å². The minimum absolute atomic E-state index is 0.0257. The Morgan fingerprint density at radius 1 is 1.43 bits per heavy atom. The highest BCUT2D eigenvalue weighted by Crippen LogP contribution is 2.35. The number of benzene rings is 1. The lowest BCUT2D eigenvalue weighted by Gasteiger charge is -2.25. The smallest absolute Gasteiger partial charge is 0.264 e. The van der Waals surface area contributed by atoms with Crippen LogP contribution in [0.2, 0.25) is 5.02 Å². The second-order valence-corrected chi connectivity index (χ2v) is 6.36. The molecule has 1 fully saturated rings. The fraction of sp³-hybridized carbons (Fsp3) is 0.438. The van der Waals surface area contributed by atoms with Gasteiger partial charge in [0.15, 0.2) is 11.9 Å². The number of likely N-dealkylation sites (tertiary alicyclic amines) is 1. The molecule has 0 N–H and O–H groups in total. The van der Waals surface area contributed by atoms with E-state index in [1.54, 1.807) is 13.0 Å². The molecule has 2 aromatic rings. The molecule has 2 atom stereocenters. The van der Waals surface area contributed by atoms with E-state index in [0.29, 0.717) is 29.7 Å². The summed E-state index contributed by atoms with van der Waals surface area (Å²) in [6.07, 6.45) is 1.81. The van der Waals surface area contributed by atoms with Gasteiger partial charge in [0.25, 0.3) is 5.91 Å². The molecule has 6 nitrogen and oxygen atoms in total. The maximum Gasteiger partial charge on any atom is 0.264 e. The van der Waals surface area contributed by atoms with E-state index in [9.17, 15) is 4.79 Å². The van der Waals surface area contributed by atoms with E-state index >= 15 is 0 Å². The predicted octanol–water partition coefficient (Wildman–Crippen LogP) is 2.70. The zero-order valence-corrected chi connectivity index (χ0v) is 13.4. The van der Waals surface area contributed by atoms with Gasteiger partial charge < -0.3 is 14.2 Å². The van der Waals surface area contributed by atoms with Gasteiger partial charge in [0.1, 0.15) is 5.75 Å². The van der Waals surface area contributed by atoms with Crippen molar-refractivity contribution in [3.63, 3.8) is 0 Å². The molecule has 7 heteroatoms. The second-order valence-electron chi connectivity index (χ2n) is 5.92. The van der Waals surface area contributed by atoms with Crippen LogP contribution < -0.4 is 4.74 Å². The van der Waals surface area contributed by atoms with Crippen LogP contribution in [0.3, 0.4) is 0 Å². The molecule has 0 aliphatic carbocycles. The molecular weight excluding hydrogens is 318 g/mol. The normalized spacial score (nSPS) is 23.0. The Morgan fingerprint density at radius 2 is 2.30 bits per heavy atom. The average molecular weight is 334 g/mol. The molecule has 4 rings (SSSR count). The van der Waals surface area contributed by atoms with E-state index < -0.39 is 6.10 Å². The summed E-state index contributed by atoms with van der Waals surface area (Å²) in [5.41, 5.74) is 0.974. The van der Waals surface area contributed by atoms with Gasteiger partial charge in [0.2, 0.25) is 5.89 Å². The molecule has 0 unspecified atom stereocenters. The molecule has 0 saturated carbocycles. The lowest BCUT2D eigenvalue weighted by molar-refractivity contribution is -0.139. The first-order valence-electron chi connectivity index (χ1n) is 7.67. The van der Waals surface area contributed by atoms with E-state index in [-0.39, 0.29) is 11.9 Å². The molecule has 3 heterocycles. The van der Waals surface area contributed by atoms with Crippen LogP contribution in [-0.2, 0) is 11.2 Å². The summed E-state index contributed by atoms with van der Waals surface area (Å²) < 4.78 is 10.9. The minimum Gasteiger partial charge on any atom is -0.480 e. The second kappa shape index (κ2) is 5.53. The van der Waals surface area contributed by atoms with Crippen LogP contribution >= 0.6 is 11.6 Å². The van der Waals surface area contributed by atoms with Crippen molar-refractivity contribution in [3.8, 4) is 5.75 Å². The number of hydrogen-bond donors (Lipinski definition) is 0. The van der Waals surface area contributed by atoms with Crippen molar-refractivity contribution in [1.82, 2.24) is 15.0 Å². The molecule has 2 aliphatic rings. The third-order valence-corrected chi connectivity index (χ3v) is 4.58. The summed E-state index contributed by atoms with van der Waals surface area (Å²) in [4.78, 5) is 19.0. The first-order chi connectivity index (χ1) is 11.1. The largest absolute Gasteiger partial charge is 0.480 e. The standard InChI is InChI=1S/C16H16ClN3O3/c1-9-18-15(19-23-9)12-3-2-6-20(12)16(21)14-8-10-7-11(17)4-5-13(10)22-14/h4-5,7,12,14H,2-3,6,8H2,1H3/t12-,14+/m0/s1. The molecule has 1 saturated heterocycles. The van der Waals surface area contributed by atoms with Crippen LogP contribution in [0.1, 0.15) is 36.2 Å². The van der Waals surface area contributed by atoms with Gasteiger partial charge in [-0.1, -0.05) is 16.8 Å². The SMILES string of the molecule is Cc1nc([C@@H]2CCCN2C(=O)[C@H]2Cc3cc(Cl)ccc3O2)no1. The predicted molar refractivity (Wildman–Crippen MR) is 82.3 cm³/mol. The van der Waals surface area contributed by atoms with E-state index in [1.807, 2.05) is 17.0 Å². The Labute approximate surface area is 138 Å². The number of rotatable bonds is 2. The lowest BCUT2D eigenvalue weighted by Crippen LogP contribution is -2.41. The Hall–Kier alpha value is -2.08. The summed E-state index contributed by atoms with van der Waals surface area (Å²) in [6.45, 7) is 2.44. The number of halogens is 1. The molecule has 0 radical (unpaired) electrons. The third kappa shape index (κ3) is 2.57. The van der Waals surface area contributed by atoms with Crippen molar-refractivity contribution in [2.75, 3.05) is 6.54 Å². The van der Waals surface area contributed by atoms with Gasteiger partial charge in [-0.2, -0.15) is 4.98 Å². The molecule has 23 heavy (non-hydrogen) atoms. The number of aromatic nitrogens is 2. The van der Waals surface area contributed by atoms with E-state index in [0.717, 1.165) is 24.2 Å². The number of aryl methyl sites for hydroxylation is 1. The highest BCUT2D eigenvalue weighted by Gasteiger charge is 2.39. The fourth-order valence-electron chi connectivity index (χ4n) is 3.29. The zero-order valence-electron chi connectivity index (χ0n) is 12.7. The zero-order chi connectivity index (χ0) is 16.0. The van der Waals surface area contributed by atoms with Crippen molar-refractivity contribution in [2.45, 2.75) is 38.3 Å². The molecule has 1 amide bonds. The van der Waals surface area contributed by atoms with Gasteiger partial charge in [-0.05, 0) is 36.6 Å². The quantitative estimate of drug-likeness (QED) is 0.845. The Bertz CT molecular complexity index is 761.